The maximum absolute atomic E-state index is 4.09. The third-order valence-electron chi connectivity index (χ3n) is 3.17. The predicted molar refractivity (Wildman–Crippen MR) is 79.4 cm³/mol. The molecule has 0 fully saturated rings. The highest BCUT2D eigenvalue weighted by Gasteiger charge is 2.01. The van der Waals surface area contributed by atoms with Crippen LogP contribution in [-0.4, -0.2) is 24.5 Å². The maximum atomic E-state index is 4.09. The summed E-state index contributed by atoms with van der Waals surface area (Å²) >= 11 is 0. The molecular weight excluding hydrogens is 206 g/mol. The fraction of sp³-hybridized carbons (Fsp3) is 0.625. The van der Waals surface area contributed by atoms with Crippen molar-refractivity contribution < 1.29 is 0 Å². The largest absolute Gasteiger partial charge is 0.303 e. The molecule has 98 valence electrons. The third kappa shape index (κ3) is 7.17. The Morgan fingerprint density at radius 3 is 2.29 bits per heavy atom. The summed E-state index contributed by atoms with van der Waals surface area (Å²) in [5.41, 5.74) is 3.83. The van der Waals surface area contributed by atoms with Crippen molar-refractivity contribution in [2.75, 3.05) is 19.6 Å². The fourth-order valence-corrected chi connectivity index (χ4v) is 1.75. The van der Waals surface area contributed by atoms with Gasteiger partial charge in [0.2, 0.25) is 0 Å². The minimum atomic E-state index is 1.14. The van der Waals surface area contributed by atoms with E-state index in [0.717, 1.165) is 25.1 Å². The first-order valence-corrected chi connectivity index (χ1v) is 6.76. The van der Waals surface area contributed by atoms with Gasteiger partial charge in [0.05, 0.1) is 0 Å². The van der Waals surface area contributed by atoms with Crippen molar-refractivity contribution in [1.29, 1.82) is 0 Å². The highest BCUT2D eigenvalue weighted by Crippen LogP contribution is 2.12. The van der Waals surface area contributed by atoms with E-state index in [1.54, 1.807) is 0 Å². The molecule has 0 aromatic rings. The van der Waals surface area contributed by atoms with Crippen LogP contribution in [0.5, 0.6) is 0 Å². The fourth-order valence-electron chi connectivity index (χ4n) is 1.75. The average molecular weight is 235 g/mol. The second-order valence-electron chi connectivity index (χ2n) is 4.67. The molecule has 0 spiro atoms. The van der Waals surface area contributed by atoms with Crippen molar-refractivity contribution in [3.63, 3.8) is 0 Å². The minimum absolute atomic E-state index is 1.14. The molecule has 0 amide bonds. The van der Waals surface area contributed by atoms with Crippen LogP contribution in [0, 0.1) is 0 Å². The standard InChI is InChI=1S/C16H29N/c1-7-11-17(9-3)12-10-14(4)13-16(6)15(5)8-2/h8,13H,6-7,9-12H2,1-5H3/b14-13+,15-8-. The summed E-state index contributed by atoms with van der Waals surface area (Å²) in [6.45, 7) is 18.5. The Kier molecular flexibility index (Phi) is 8.79. The highest BCUT2D eigenvalue weighted by molar-refractivity contribution is 5.37. The Morgan fingerprint density at radius 1 is 1.18 bits per heavy atom. The molecule has 0 saturated heterocycles. The van der Waals surface area contributed by atoms with Gasteiger partial charge in [0.1, 0.15) is 0 Å². The lowest BCUT2D eigenvalue weighted by molar-refractivity contribution is 0.292. The molecule has 0 aliphatic carbocycles. The van der Waals surface area contributed by atoms with Gasteiger partial charge in [0.25, 0.3) is 0 Å². The van der Waals surface area contributed by atoms with Crippen LogP contribution in [-0.2, 0) is 0 Å². The van der Waals surface area contributed by atoms with E-state index < -0.39 is 0 Å². The van der Waals surface area contributed by atoms with E-state index in [9.17, 15) is 0 Å². The van der Waals surface area contributed by atoms with Crippen LogP contribution >= 0.6 is 0 Å². The van der Waals surface area contributed by atoms with Gasteiger partial charge in [-0.3, -0.25) is 0 Å². The van der Waals surface area contributed by atoms with Crippen LogP contribution in [0.1, 0.15) is 47.5 Å². The first-order chi connectivity index (χ1) is 8.04. The van der Waals surface area contributed by atoms with E-state index >= 15 is 0 Å². The monoisotopic (exact) mass is 235 g/mol. The van der Waals surface area contributed by atoms with E-state index in [0.29, 0.717) is 0 Å². The molecule has 0 N–H and O–H groups in total. The lowest BCUT2D eigenvalue weighted by atomic mass is 10.1. The zero-order valence-electron chi connectivity index (χ0n) is 12.3. The van der Waals surface area contributed by atoms with E-state index in [1.165, 1.54) is 24.1 Å². The van der Waals surface area contributed by atoms with Crippen LogP contribution in [0.4, 0.5) is 0 Å². The molecular formula is C16H29N. The molecule has 0 bridgehead atoms. The molecule has 0 aliphatic rings. The van der Waals surface area contributed by atoms with Crippen LogP contribution in [0.25, 0.3) is 0 Å². The van der Waals surface area contributed by atoms with Crippen LogP contribution in [0.2, 0.25) is 0 Å². The summed E-state index contributed by atoms with van der Waals surface area (Å²) < 4.78 is 0. The van der Waals surface area contributed by atoms with Crippen molar-refractivity contribution in [2.24, 2.45) is 0 Å². The summed E-state index contributed by atoms with van der Waals surface area (Å²) in [6, 6.07) is 0. The van der Waals surface area contributed by atoms with Gasteiger partial charge in [-0.25, -0.2) is 0 Å². The van der Waals surface area contributed by atoms with Gasteiger partial charge in [-0.1, -0.05) is 38.2 Å². The van der Waals surface area contributed by atoms with E-state index in [1.807, 2.05) is 0 Å². The molecule has 0 aromatic heterocycles. The summed E-state index contributed by atoms with van der Waals surface area (Å²) in [6.07, 6.45) is 6.71. The maximum Gasteiger partial charge on any atom is 0.00185 e. The molecule has 0 heterocycles. The second-order valence-corrected chi connectivity index (χ2v) is 4.67. The van der Waals surface area contributed by atoms with Gasteiger partial charge in [-0.2, -0.15) is 0 Å². The van der Waals surface area contributed by atoms with Crippen LogP contribution in [0.15, 0.2) is 35.5 Å². The van der Waals surface area contributed by atoms with Crippen molar-refractivity contribution in [3.8, 4) is 0 Å². The van der Waals surface area contributed by atoms with E-state index in [4.69, 9.17) is 0 Å². The van der Waals surface area contributed by atoms with Crippen molar-refractivity contribution in [2.45, 2.75) is 47.5 Å². The topological polar surface area (TPSA) is 3.24 Å². The predicted octanol–water partition coefficient (Wildman–Crippen LogP) is 4.58. The van der Waals surface area contributed by atoms with Crippen molar-refractivity contribution >= 4 is 0 Å². The number of rotatable bonds is 8. The van der Waals surface area contributed by atoms with Gasteiger partial charge < -0.3 is 4.90 Å². The number of hydrogen-bond donors (Lipinski definition) is 0. The molecule has 0 aliphatic heterocycles. The number of allylic oxidation sites excluding steroid dienone is 4. The van der Waals surface area contributed by atoms with Gasteiger partial charge in [-0.15, -0.1) is 0 Å². The van der Waals surface area contributed by atoms with Crippen LogP contribution < -0.4 is 0 Å². The molecule has 0 atom stereocenters. The van der Waals surface area contributed by atoms with Crippen LogP contribution in [0.3, 0.4) is 0 Å². The van der Waals surface area contributed by atoms with Gasteiger partial charge in [0, 0.05) is 6.54 Å². The average Bonchev–Trinajstić information content (AvgIpc) is 2.33. The van der Waals surface area contributed by atoms with Gasteiger partial charge in [-0.05, 0) is 57.8 Å². The smallest absolute Gasteiger partial charge is 0.00185 e. The molecule has 0 aromatic carbocycles. The Morgan fingerprint density at radius 2 is 1.82 bits per heavy atom. The Balaban J connectivity index is 4.20. The lowest BCUT2D eigenvalue weighted by Crippen LogP contribution is -2.25. The molecule has 0 radical (unpaired) electrons. The zero-order valence-corrected chi connectivity index (χ0v) is 12.3. The molecule has 17 heavy (non-hydrogen) atoms. The van der Waals surface area contributed by atoms with Crippen molar-refractivity contribution in [1.82, 2.24) is 4.90 Å². The first-order valence-electron chi connectivity index (χ1n) is 6.76. The lowest BCUT2D eigenvalue weighted by Gasteiger charge is -2.19. The summed E-state index contributed by atoms with van der Waals surface area (Å²) in [7, 11) is 0. The molecule has 0 saturated carbocycles. The highest BCUT2D eigenvalue weighted by atomic mass is 15.1. The number of hydrogen-bond acceptors (Lipinski definition) is 1. The zero-order chi connectivity index (χ0) is 13.3. The third-order valence-corrected chi connectivity index (χ3v) is 3.17. The molecule has 1 heteroatoms. The second kappa shape index (κ2) is 9.23. The quantitative estimate of drug-likeness (QED) is 0.557. The summed E-state index contributed by atoms with van der Waals surface area (Å²) in [5.74, 6) is 0. The Hall–Kier alpha value is -0.820. The Labute approximate surface area is 108 Å². The summed E-state index contributed by atoms with van der Waals surface area (Å²) in [5, 5.41) is 0. The SMILES string of the molecule is C=C(/C=C(\C)CCN(CC)CCC)/C(C)=C\C. The van der Waals surface area contributed by atoms with E-state index in [-0.39, 0.29) is 0 Å². The molecule has 0 unspecified atom stereocenters. The van der Waals surface area contributed by atoms with E-state index in [2.05, 4.69) is 58.2 Å². The van der Waals surface area contributed by atoms with Crippen molar-refractivity contribution in [3.05, 3.63) is 35.5 Å². The Bertz CT molecular complexity index is 284. The summed E-state index contributed by atoms with van der Waals surface area (Å²) in [4.78, 5) is 2.50. The minimum Gasteiger partial charge on any atom is -0.303 e. The first kappa shape index (κ1) is 16.2. The molecule has 1 nitrogen and oxygen atoms in total. The number of nitrogens with zero attached hydrogens (tertiary/aromatic N) is 1. The normalized spacial score (nSPS) is 13.3. The van der Waals surface area contributed by atoms with Gasteiger partial charge in [0.15, 0.2) is 0 Å². The van der Waals surface area contributed by atoms with Gasteiger partial charge >= 0.3 is 0 Å². The molecule has 0 rings (SSSR count).